The van der Waals surface area contributed by atoms with Gasteiger partial charge in [0.15, 0.2) is 5.65 Å². The lowest BCUT2D eigenvalue weighted by Gasteiger charge is -2.22. The van der Waals surface area contributed by atoms with Crippen molar-refractivity contribution < 1.29 is 9.13 Å². The number of fused-ring (bicyclic) bond motifs is 2. The number of halogens is 1. The fourth-order valence-electron chi connectivity index (χ4n) is 3.87. The fraction of sp³-hybridized carbons (Fsp3) is 0.350. The summed E-state index contributed by atoms with van der Waals surface area (Å²) in [5.74, 6) is 1.13. The molecule has 1 N–H and O–H groups in total. The van der Waals surface area contributed by atoms with Crippen LogP contribution in [0.15, 0.2) is 30.7 Å². The molecule has 2 aliphatic heterocycles. The minimum atomic E-state index is -0.232. The topological polar surface area (TPSA) is 67.6 Å². The fourth-order valence-corrected chi connectivity index (χ4v) is 3.87. The Hall–Kier alpha value is -3.00. The Labute approximate surface area is 161 Å². The monoisotopic (exact) mass is 380 g/mol. The largest absolute Gasteiger partial charge is 0.493 e. The molecule has 1 aromatic carbocycles. The van der Waals surface area contributed by atoms with Gasteiger partial charge >= 0.3 is 0 Å². The Balaban J connectivity index is 1.45. The molecule has 0 saturated heterocycles. The van der Waals surface area contributed by atoms with Crippen LogP contribution >= 0.6 is 0 Å². The van der Waals surface area contributed by atoms with E-state index in [4.69, 9.17) is 4.74 Å². The highest BCUT2D eigenvalue weighted by molar-refractivity contribution is 5.76. The number of rotatable bonds is 4. The maximum Gasteiger partial charge on any atom is 0.210 e. The molecule has 3 aromatic rings. The number of ether oxygens (including phenoxy) is 1. The smallest absolute Gasteiger partial charge is 0.210 e. The van der Waals surface area contributed by atoms with Crippen molar-refractivity contribution in [3.8, 4) is 5.75 Å². The maximum atomic E-state index is 14.4. The summed E-state index contributed by atoms with van der Waals surface area (Å²) in [6.07, 6.45) is 7.36. The van der Waals surface area contributed by atoms with Gasteiger partial charge in [0.2, 0.25) is 5.95 Å². The van der Waals surface area contributed by atoms with Crippen molar-refractivity contribution in [1.29, 1.82) is 0 Å². The van der Waals surface area contributed by atoms with Crippen LogP contribution < -0.4 is 10.1 Å². The van der Waals surface area contributed by atoms with Crippen LogP contribution in [-0.4, -0.2) is 51.2 Å². The maximum absolute atomic E-state index is 14.4. The normalized spacial score (nSPS) is 16.7. The van der Waals surface area contributed by atoms with Crippen LogP contribution in [0.5, 0.6) is 5.75 Å². The first kappa shape index (κ1) is 17.1. The molecule has 0 bridgehead atoms. The number of anilines is 1. The van der Waals surface area contributed by atoms with Gasteiger partial charge in [-0.2, -0.15) is 0 Å². The molecule has 5 rings (SSSR count). The van der Waals surface area contributed by atoms with Crippen molar-refractivity contribution in [1.82, 2.24) is 24.5 Å². The summed E-state index contributed by atoms with van der Waals surface area (Å²) in [7, 11) is 2.11. The summed E-state index contributed by atoms with van der Waals surface area (Å²) in [6, 6.07) is 3.15. The second-order valence-electron chi connectivity index (χ2n) is 7.22. The van der Waals surface area contributed by atoms with Crippen molar-refractivity contribution in [3.63, 3.8) is 0 Å². The van der Waals surface area contributed by atoms with Crippen molar-refractivity contribution in [3.05, 3.63) is 53.2 Å². The quantitative estimate of drug-likeness (QED) is 0.750. The van der Waals surface area contributed by atoms with Crippen LogP contribution in [0, 0.1) is 5.82 Å². The van der Waals surface area contributed by atoms with Gasteiger partial charge in [0.1, 0.15) is 17.9 Å². The first-order chi connectivity index (χ1) is 13.7. The van der Waals surface area contributed by atoms with Crippen LogP contribution in [-0.2, 0) is 13.0 Å². The molecule has 0 unspecified atom stereocenters. The molecule has 0 aliphatic carbocycles. The van der Waals surface area contributed by atoms with E-state index >= 15 is 0 Å². The molecule has 2 aromatic heterocycles. The molecule has 0 radical (unpaired) electrons. The van der Waals surface area contributed by atoms with E-state index in [9.17, 15) is 4.39 Å². The Bertz CT molecular complexity index is 1080. The summed E-state index contributed by atoms with van der Waals surface area (Å²) >= 11 is 0. The van der Waals surface area contributed by atoms with E-state index in [2.05, 4.69) is 38.5 Å². The first-order valence-corrected chi connectivity index (χ1v) is 9.44. The van der Waals surface area contributed by atoms with Gasteiger partial charge in [-0.3, -0.25) is 4.40 Å². The van der Waals surface area contributed by atoms with Gasteiger partial charge in [-0.05, 0) is 31.2 Å². The van der Waals surface area contributed by atoms with Gasteiger partial charge in [-0.1, -0.05) is 6.08 Å². The molecule has 8 heteroatoms. The molecule has 0 saturated carbocycles. The van der Waals surface area contributed by atoms with Crippen LogP contribution in [0.25, 0.3) is 11.2 Å². The molecule has 0 atom stereocenters. The molecular formula is C20H21FN6O. The van der Waals surface area contributed by atoms with E-state index in [0.717, 1.165) is 48.5 Å². The standard InChI is InChI=1S/C20H21FN6O/c1-26-7-4-13(5-8-26)15-10-22-20(27-12-24-25-19(15)27)23-11-16-14-6-9-28-18(14)3-2-17(16)21/h2-4,10,12H,5-9,11H2,1H3,(H,22,23). The molecule has 0 fully saturated rings. The van der Waals surface area contributed by atoms with Gasteiger partial charge in [0.25, 0.3) is 0 Å². The predicted molar refractivity (Wildman–Crippen MR) is 104 cm³/mol. The average Bonchev–Trinajstić information content (AvgIpc) is 3.37. The number of nitrogens with one attached hydrogen (secondary N) is 1. The van der Waals surface area contributed by atoms with Crippen LogP contribution in [0.1, 0.15) is 23.1 Å². The zero-order chi connectivity index (χ0) is 19.1. The Kier molecular flexibility index (Phi) is 4.20. The molecule has 4 heterocycles. The lowest BCUT2D eigenvalue weighted by molar-refractivity contribution is 0.356. The summed E-state index contributed by atoms with van der Waals surface area (Å²) in [5.41, 5.74) is 4.55. The van der Waals surface area contributed by atoms with Crippen molar-refractivity contribution in [2.45, 2.75) is 19.4 Å². The Morgan fingerprint density at radius 3 is 3.07 bits per heavy atom. The number of benzene rings is 1. The zero-order valence-corrected chi connectivity index (χ0v) is 15.7. The van der Waals surface area contributed by atoms with Crippen molar-refractivity contribution in [2.75, 3.05) is 32.1 Å². The third-order valence-electron chi connectivity index (χ3n) is 5.45. The minimum Gasteiger partial charge on any atom is -0.493 e. The minimum absolute atomic E-state index is 0.232. The number of aromatic nitrogens is 4. The van der Waals surface area contributed by atoms with Crippen LogP contribution in [0.4, 0.5) is 10.3 Å². The summed E-state index contributed by atoms with van der Waals surface area (Å²) in [5, 5.41) is 11.6. The lowest BCUT2D eigenvalue weighted by Crippen LogP contribution is -2.24. The zero-order valence-electron chi connectivity index (χ0n) is 15.7. The molecule has 2 aliphatic rings. The molecular weight excluding hydrogens is 359 g/mol. The van der Waals surface area contributed by atoms with Gasteiger partial charge in [0.05, 0.1) is 6.61 Å². The predicted octanol–water partition coefficient (Wildman–Crippen LogP) is 2.53. The van der Waals surface area contributed by atoms with Crippen LogP contribution in [0.2, 0.25) is 0 Å². The molecule has 28 heavy (non-hydrogen) atoms. The summed E-state index contributed by atoms with van der Waals surface area (Å²) in [6.45, 7) is 2.84. The Morgan fingerprint density at radius 2 is 2.21 bits per heavy atom. The molecule has 7 nitrogen and oxygen atoms in total. The van der Waals surface area contributed by atoms with E-state index in [0.29, 0.717) is 24.7 Å². The van der Waals surface area contributed by atoms with Gasteiger partial charge in [0, 0.05) is 48.9 Å². The second-order valence-corrected chi connectivity index (χ2v) is 7.22. The molecule has 0 amide bonds. The third-order valence-corrected chi connectivity index (χ3v) is 5.45. The lowest BCUT2D eigenvalue weighted by atomic mass is 10.0. The number of likely N-dealkylation sites (N-methyl/N-ethyl adjacent to an activating group) is 1. The van der Waals surface area contributed by atoms with E-state index in [1.165, 1.54) is 11.6 Å². The average molecular weight is 380 g/mol. The summed E-state index contributed by atoms with van der Waals surface area (Å²) in [4.78, 5) is 6.84. The highest BCUT2D eigenvalue weighted by Gasteiger charge is 2.20. The van der Waals surface area contributed by atoms with Gasteiger partial charge < -0.3 is 15.0 Å². The highest BCUT2D eigenvalue weighted by atomic mass is 19.1. The molecule has 0 spiro atoms. The SMILES string of the molecule is CN1CC=C(c2cnc(NCc3c(F)ccc4c3CCO4)n3cnnc23)CC1. The van der Waals surface area contributed by atoms with Crippen LogP contribution in [0.3, 0.4) is 0 Å². The Morgan fingerprint density at radius 1 is 1.29 bits per heavy atom. The van der Waals surface area contributed by atoms with E-state index < -0.39 is 0 Å². The second kappa shape index (κ2) is 6.87. The van der Waals surface area contributed by atoms with E-state index in [-0.39, 0.29) is 5.82 Å². The van der Waals surface area contributed by atoms with E-state index in [1.54, 1.807) is 12.4 Å². The highest BCUT2D eigenvalue weighted by Crippen LogP contribution is 2.31. The van der Waals surface area contributed by atoms with Gasteiger partial charge in [-0.25, -0.2) is 9.37 Å². The third kappa shape index (κ3) is 2.90. The van der Waals surface area contributed by atoms with Crippen molar-refractivity contribution >= 4 is 17.2 Å². The first-order valence-electron chi connectivity index (χ1n) is 9.44. The summed E-state index contributed by atoms with van der Waals surface area (Å²) < 4.78 is 21.8. The number of hydrogen-bond donors (Lipinski definition) is 1. The number of nitrogens with zero attached hydrogens (tertiary/aromatic N) is 5. The van der Waals surface area contributed by atoms with Crippen molar-refractivity contribution in [2.24, 2.45) is 0 Å². The van der Waals surface area contributed by atoms with Gasteiger partial charge in [-0.15, -0.1) is 10.2 Å². The van der Waals surface area contributed by atoms with E-state index in [1.807, 2.05) is 10.6 Å². The molecule has 144 valence electrons. The number of hydrogen-bond acceptors (Lipinski definition) is 6.